The lowest BCUT2D eigenvalue weighted by molar-refractivity contribution is 0.250. The van der Waals surface area contributed by atoms with E-state index in [4.69, 9.17) is 0 Å². The van der Waals surface area contributed by atoms with Gasteiger partial charge in [-0.3, -0.25) is 14.6 Å². The molecular formula is C20H22FN5. The normalized spacial score (nSPS) is 15.4. The SMILES string of the molecule is Cn1cc(CN2CCN(c3cccnc3-c3ccc(F)cc3)CC2)cn1. The Bertz CT molecular complexity index is 866. The molecule has 1 fully saturated rings. The number of pyridine rings is 1. The predicted molar refractivity (Wildman–Crippen MR) is 100 cm³/mol. The Balaban J connectivity index is 1.47. The molecule has 6 heteroatoms. The van der Waals surface area contributed by atoms with Crippen LogP contribution in [0.5, 0.6) is 0 Å². The van der Waals surface area contributed by atoms with Gasteiger partial charge in [-0.05, 0) is 36.4 Å². The third-order valence-corrected chi connectivity index (χ3v) is 4.78. The third-order valence-electron chi connectivity index (χ3n) is 4.78. The largest absolute Gasteiger partial charge is 0.367 e. The molecule has 1 aliphatic heterocycles. The second kappa shape index (κ2) is 7.25. The molecule has 0 unspecified atom stereocenters. The van der Waals surface area contributed by atoms with Crippen LogP contribution in [-0.4, -0.2) is 45.8 Å². The summed E-state index contributed by atoms with van der Waals surface area (Å²) in [5.74, 6) is -0.227. The average Bonchev–Trinajstić information content (AvgIpc) is 3.08. The molecule has 1 saturated heterocycles. The fourth-order valence-corrected chi connectivity index (χ4v) is 3.44. The van der Waals surface area contributed by atoms with Gasteiger partial charge < -0.3 is 4.90 Å². The molecule has 0 aliphatic carbocycles. The molecule has 134 valence electrons. The second-order valence-electron chi connectivity index (χ2n) is 6.66. The van der Waals surface area contributed by atoms with E-state index in [1.807, 2.05) is 24.0 Å². The first-order valence-corrected chi connectivity index (χ1v) is 8.85. The Labute approximate surface area is 152 Å². The predicted octanol–water partition coefficient (Wildman–Crippen LogP) is 2.94. The minimum atomic E-state index is -0.227. The molecule has 2 aromatic heterocycles. The van der Waals surface area contributed by atoms with Crippen molar-refractivity contribution >= 4 is 5.69 Å². The summed E-state index contributed by atoms with van der Waals surface area (Å²) in [5.41, 5.74) is 4.21. The van der Waals surface area contributed by atoms with Crippen molar-refractivity contribution in [1.29, 1.82) is 0 Å². The fraction of sp³-hybridized carbons (Fsp3) is 0.300. The zero-order chi connectivity index (χ0) is 17.9. The van der Waals surface area contributed by atoms with Gasteiger partial charge in [-0.1, -0.05) is 0 Å². The molecule has 1 aromatic carbocycles. The van der Waals surface area contributed by atoms with Crippen molar-refractivity contribution in [2.75, 3.05) is 31.1 Å². The molecule has 3 aromatic rings. The van der Waals surface area contributed by atoms with Crippen molar-refractivity contribution in [1.82, 2.24) is 19.7 Å². The summed E-state index contributed by atoms with van der Waals surface area (Å²) in [4.78, 5) is 9.37. The molecular weight excluding hydrogens is 329 g/mol. The number of aryl methyl sites for hydroxylation is 1. The first kappa shape index (κ1) is 16.7. The van der Waals surface area contributed by atoms with Crippen LogP contribution in [0.15, 0.2) is 55.0 Å². The van der Waals surface area contributed by atoms with Crippen LogP contribution in [-0.2, 0) is 13.6 Å². The van der Waals surface area contributed by atoms with Crippen molar-refractivity contribution in [2.24, 2.45) is 7.05 Å². The third kappa shape index (κ3) is 3.60. The van der Waals surface area contributed by atoms with E-state index < -0.39 is 0 Å². The molecule has 0 N–H and O–H groups in total. The summed E-state index contributed by atoms with van der Waals surface area (Å²) in [7, 11) is 1.95. The van der Waals surface area contributed by atoms with Gasteiger partial charge in [0.25, 0.3) is 0 Å². The summed E-state index contributed by atoms with van der Waals surface area (Å²) < 4.78 is 15.1. The van der Waals surface area contributed by atoms with Crippen LogP contribution in [0, 0.1) is 5.82 Å². The fourth-order valence-electron chi connectivity index (χ4n) is 3.44. The average molecular weight is 351 g/mol. The maximum absolute atomic E-state index is 13.2. The van der Waals surface area contributed by atoms with Crippen LogP contribution in [0.1, 0.15) is 5.56 Å². The van der Waals surface area contributed by atoms with Crippen molar-refractivity contribution in [3.05, 3.63) is 66.4 Å². The lowest BCUT2D eigenvalue weighted by Gasteiger charge is -2.36. The van der Waals surface area contributed by atoms with E-state index in [0.717, 1.165) is 49.7 Å². The van der Waals surface area contributed by atoms with Gasteiger partial charge in [0.2, 0.25) is 0 Å². The quantitative estimate of drug-likeness (QED) is 0.724. The van der Waals surface area contributed by atoms with Gasteiger partial charge in [-0.25, -0.2) is 4.39 Å². The minimum absolute atomic E-state index is 0.227. The number of rotatable bonds is 4. The molecule has 0 atom stereocenters. The highest BCUT2D eigenvalue weighted by molar-refractivity contribution is 5.75. The lowest BCUT2D eigenvalue weighted by Crippen LogP contribution is -2.46. The molecule has 1 aliphatic rings. The van der Waals surface area contributed by atoms with Crippen molar-refractivity contribution in [3.63, 3.8) is 0 Å². The standard InChI is InChI=1S/C20H22FN5/c1-24-14-16(13-23-24)15-25-9-11-26(12-10-25)19-3-2-8-22-20(19)17-4-6-18(21)7-5-17/h2-8,13-14H,9-12,15H2,1H3. The number of halogens is 1. The Hall–Kier alpha value is -2.73. The zero-order valence-electron chi connectivity index (χ0n) is 14.8. The van der Waals surface area contributed by atoms with Crippen molar-refractivity contribution < 1.29 is 4.39 Å². The van der Waals surface area contributed by atoms with Crippen LogP contribution in [0.2, 0.25) is 0 Å². The van der Waals surface area contributed by atoms with E-state index in [9.17, 15) is 4.39 Å². The lowest BCUT2D eigenvalue weighted by atomic mass is 10.1. The van der Waals surface area contributed by atoms with Crippen molar-refractivity contribution in [2.45, 2.75) is 6.54 Å². The summed E-state index contributed by atoms with van der Waals surface area (Å²) in [6, 6.07) is 10.6. The van der Waals surface area contributed by atoms with Gasteiger partial charge in [0, 0.05) is 63.3 Å². The summed E-state index contributed by atoms with van der Waals surface area (Å²) in [5, 5.41) is 4.24. The molecule has 0 saturated carbocycles. The van der Waals surface area contributed by atoms with Gasteiger partial charge >= 0.3 is 0 Å². The van der Waals surface area contributed by atoms with Crippen LogP contribution in [0.4, 0.5) is 10.1 Å². The summed E-state index contributed by atoms with van der Waals surface area (Å²) in [6.07, 6.45) is 5.79. The number of hydrogen-bond acceptors (Lipinski definition) is 4. The van der Waals surface area contributed by atoms with Gasteiger partial charge in [-0.15, -0.1) is 0 Å². The number of nitrogens with zero attached hydrogens (tertiary/aromatic N) is 5. The van der Waals surface area contributed by atoms with Gasteiger partial charge in [0.05, 0.1) is 17.6 Å². The number of piperazine rings is 1. The maximum Gasteiger partial charge on any atom is 0.123 e. The molecule has 5 nitrogen and oxygen atoms in total. The highest BCUT2D eigenvalue weighted by atomic mass is 19.1. The second-order valence-corrected chi connectivity index (χ2v) is 6.66. The molecule has 26 heavy (non-hydrogen) atoms. The van der Waals surface area contributed by atoms with E-state index in [1.165, 1.54) is 17.7 Å². The van der Waals surface area contributed by atoms with Gasteiger partial charge in [-0.2, -0.15) is 5.10 Å². The van der Waals surface area contributed by atoms with Crippen LogP contribution in [0.25, 0.3) is 11.3 Å². The Morgan fingerprint density at radius 3 is 2.50 bits per heavy atom. The topological polar surface area (TPSA) is 37.2 Å². The molecule has 0 bridgehead atoms. The Kier molecular flexibility index (Phi) is 4.67. The number of anilines is 1. The summed E-state index contributed by atoms with van der Waals surface area (Å²) >= 11 is 0. The molecule has 3 heterocycles. The molecule has 4 rings (SSSR count). The molecule has 0 radical (unpaired) electrons. The van der Waals surface area contributed by atoms with E-state index in [2.05, 4.69) is 32.1 Å². The van der Waals surface area contributed by atoms with Crippen LogP contribution < -0.4 is 4.90 Å². The highest BCUT2D eigenvalue weighted by Gasteiger charge is 2.20. The van der Waals surface area contributed by atoms with Gasteiger partial charge in [0.1, 0.15) is 5.82 Å². The first-order valence-electron chi connectivity index (χ1n) is 8.85. The zero-order valence-corrected chi connectivity index (χ0v) is 14.8. The molecule has 0 amide bonds. The minimum Gasteiger partial charge on any atom is -0.367 e. The number of hydrogen-bond donors (Lipinski definition) is 0. The van der Waals surface area contributed by atoms with Crippen molar-refractivity contribution in [3.8, 4) is 11.3 Å². The summed E-state index contributed by atoms with van der Waals surface area (Å²) in [6.45, 7) is 4.80. The Morgan fingerprint density at radius 1 is 1.04 bits per heavy atom. The van der Waals surface area contributed by atoms with Crippen LogP contribution >= 0.6 is 0 Å². The van der Waals surface area contributed by atoms with E-state index in [-0.39, 0.29) is 5.82 Å². The number of benzene rings is 1. The maximum atomic E-state index is 13.2. The first-order chi connectivity index (χ1) is 12.7. The van der Waals surface area contributed by atoms with E-state index >= 15 is 0 Å². The monoisotopic (exact) mass is 351 g/mol. The van der Waals surface area contributed by atoms with E-state index in [0.29, 0.717) is 0 Å². The highest BCUT2D eigenvalue weighted by Crippen LogP contribution is 2.29. The smallest absolute Gasteiger partial charge is 0.123 e. The Morgan fingerprint density at radius 2 is 1.81 bits per heavy atom. The van der Waals surface area contributed by atoms with E-state index in [1.54, 1.807) is 18.3 Å². The number of aromatic nitrogens is 3. The molecule has 0 spiro atoms. The van der Waals surface area contributed by atoms with Crippen LogP contribution in [0.3, 0.4) is 0 Å². The van der Waals surface area contributed by atoms with Gasteiger partial charge in [0.15, 0.2) is 0 Å².